The van der Waals surface area contributed by atoms with Crippen LogP contribution in [-0.2, 0) is 32.0 Å². The normalized spacial score (nSPS) is 31.6. The Morgan fingerprint density at radius 2 is 1.64 bits per heavy atom. The molecule has 2 aliphatic heterocycles. The molecule has 3 aromatic rings. The molecule has 3 aromatic heterocycles. The van der Waals surface area contributed by atoms with Gasteiger partial charge in [-0.05, 0) is 0 Å². The second-order valence-corrected chi connectivity index (χ2v) is 12.7. The number of carbonyl (C=O) groups is 1. The van der Waals surface area contributed by atoms with Gasteiger partial charge in [0.1, 0.15) is 42.4 Å². The number of hydrogen-bond donors (Lipinski definition) is 7. The maximum atomic E-state index is 12.4. The molecule has 0 aromatic carbocycles. The monoisotopic (exact) mass is 663 g/mol. The molecular formula is C21H27N7O14P2. The number of anilines is 1. The number of ether oxygens (including phenoxy) is 2. The van der Waals surface area contributed by atoms with E-state index in [-0.39, 0.29) is 22.5 Å². The predicted octanol–water partition coefficient (Wildman–Crippen LogP) is -3.65. The first-order valence-corrected chi connectivity index (χ1v) is 15.5. The maximum absolute atomic E-state index is 12.4. The summed E-state index contributed by atoms with van der Waals surface area (Å²) in [5.74, 6) is -0.657. The summed E-state index contributed by atoms with van der Waals surface area (Å²) in [6.45, 7) is -1.86. The van der Waals surface area contributed by atoms with Crippen LogP contribution in [-0.4, -0.2) is 101 Å². The van der Waals surface area contributed by atoms with Crippen molar-refractivity contribution in [3.05, 3.63) is 42.7 Å². The van der Waals surface area contributed by atoms with Gasteiger partial charge < -0.3 is 55.7 Å². The number of hydrogen-bond acceptors (Lipinski definition) is 17. The van der Waals surface area contributed by atoms with Crippen LogP contribution in [0.15, 0.2) is 37.2 Å². The van der Waals surface area contributed by atoms with E-state index in [1.165, 1.54) is 40.0 Å². The minimum absolute atomic E-state index is 0.0459. The molecule has 1 amide bonds. The van der Waals surface area contributed by atoms with Crippen molar-refractivity contribution in [2.45, 2.75) is 49.1 Å². The summed E-state index contributed by atoms with van der Waals surface area (Å²) in [6, 6.07) is 2.66. The van der Waals surface area contributed by atoms with Crippen LogP contribution in [0.2, 0.25) is 0 Å². The average molecular weight is 663 g/mol. The van der Waals surface area contributed by atoms with E-state index in [0.29, 0.717) is 0 Å². The molecule has 9 N–H and O–H groups in total. The first-order chi connectivity index (χ1) is 20.7. The molecule has 2 fully saturated rings. The third-order valence-electron chi connectivity index (χ3n) is 6.77. The number of pyridine rings is 1. The quantitative estimate of drug-likeness (QED) is 0.0768. The summed E-state index contributed by atoms with van der Waals surface area (Å²) in [6.07, 6.45) is -6.86. The van der Waals surface area contributed by atoms with Crippen LogP contribution in [0.1, 0.15) is 22.8 Å². The van der Waals surface area contributed by atoms with Crippen LogP contribution >= 0.6 is 15.6 Å². The van der Waals surface area contributed by atoms with Crippen LogP contribution in [0.5, 0.6) is 0 Å². The number of imidazole rings is 1. The van der Waals surface area contributed by atoms with Crippen molar-refractivity contribution in [3.8, 4) is 0 Å². The van der Waals surface area contributed by atoms with E-state index in [9.17, 15) is 44.1 Å². The topological polar surface area (TPSA) is 321 Å². The molecule has 10 atom stereocenters. The molecule has 5 heterocycles. The highest BCUT2D eigenvalue weighted by Crippen LogP contribution is 2.58. The largest absolute Gasteiger partial charge is 0.756 e. The Balaban J connectivity index is 1.15. The molecule has 0 radical (unpaired) electrons. The lowest BCUT2D eigenvalue weighted by atomic mass is 10.1. The summed E-state index contributed by atoms with van der Waals surface area (Å²) in [5.41, 5.74) is 11.4. The Kier molecular flexibility index (Phi) is 9.13. The highest BCUT2D eigenvalue weighted by molar-refractivity contribution is 7.60. The molecule has 0 bridgehead atoms. The fraction of sp³-hybridized carbons (Fsp3) is 0.476. The third-order valence-corrected chi connectivity index (χ3v) is 9.33. The molecule has 0 aliphatic carbocycles. The zero-order valence-corrected chi connectivity index (χ0v) is 24.0. The van der Waals surface area contributed by atoms with Gasteiger partial charge in [-0.3, -0.25) is 18.5 Å². The Hall–Kier alpha value is -3.01. The van der Waals surface area contributed by atoms with E-state index in [4.69, 9.17) is 20.9 Å². The number of nitrogens with zero attached hydrogens (tertiary/aromatic N) is 5. The zero-order valence-electron chi connectivity index (χ0n) is 22.2. The molecule has 2 aliphatic rings. The summed E-state index contributed by atoms with van der Waals surface area (Å²) in [5, 5.41) is 41.5. The number of phosphoric ester groups is 2. The standard InChI is InChI=1S/C21H27N7O14P2/c22-17-12-19(25-7-24-17)28(8-26-12)21-16(32)14(30)11(41-21)6-39-44(36,37)42-43(34,35)38-5-10-13(29)15(31)20(40-10)27-3-1-9(2-4-27)18(23)33/h1-4,7-8,10-11,13-16,20-21,29-32H,5-6H2,(H5-,22,23,24,25,33,34,35,36,37)/t10-,11-,13-,14-,15-,16-,20-,21-/m1/s1. The molecule has 23 heteroatoms. The number of nitrogens with two attached hydrogens (primary N) is 2. The van der Waals surface area contributed by atoms with Crippen LogP contribution in [0.25, 0.3) is 11.2 Å². The highest BCUT2D eigenvalue weighted by atomic mass is 31.3. The van der Waals surface area contributed by atoms with Gasteiger partial charge in [-0.1, -0.05) is 0 Å². The number of amides is 1. The lowest BCUT2D eigenvalue weighted by Crippen LogP contribution is -2.45. The molecule has 21 nitrogen and oxygen atoms in total. The van der Waals surface area contributed by atoms with Crippen molar-refractivity contribution >= 4 is 38.5 Å². The van der Waals surface area contributed by atoms with E-state index in [1.807, 2.05) is 0 Å². The second-order valence-electron chi connectivity index (χ2n) is 9.66. The van der Waals surface area contributed by atoms with Gasteiger partial charge in [0.25, 0.3) is 14.1 Å². The summed E-state index contributed by atoms with van der Waals surface area (Å²) >= 11 is 0. The molecule has 240 valence electrons. The SMILES string of the molecule is NC(=O)c1cc[n+]([C@@H]2O[C@H](COP(=O)([O-])OP(=O)(O)OC[C@H]3O[C@@H](n4cnc5c(N)ncnc54)[C@H](O)[C@@H]3O)[C@@H](O)[C@H]2O)cc1. The molecular weight excluding hydrogens is 636 g/mol. The fourth-order valence-corrected chi connectivity index (χ4v) is 6.60. The van der Waals surface area contributed by atoms with E-state index in [1.54, 1.807) is 0 Å². The van der Waals surface area contributed by atoms with Crippen molar-refractivity contribution in [1.82, 2.24) is 19.5 Å². The van der Waals surface area contributed by atoms with Gasteiger partial charge in [0.2, 0.25) is 5.91 Å². The molecule has 44 heavy (non-hydrogen) atoms. The number of nitrogen functional groups attached to an aromatic ring is 1. The van der Waals surface area contributed by atoms with Crippen molar-refractivity contribution in [1.29, 1.82) is 0 Å². The highest BCUT2D eigenvalue weighted by Gasteiger charge is 2.49. The van der Waals surface area contributed by atoms with Gasteiger partial charge in [-0.15, -0.1) is 0 Å². The van der Waals surface area contributed by atoms with E-state index in [2.05, 4.69) is 28.3 Å². The molecule has 0 spiro atoms. The lowest BCUT2D eigenvalue weighted by Gasteiger charge is -2.26. The minimum Gasteiger partial charge on any atom is -0.756 e. The van der Waals surface area contributed by atoms with Crippen LogP contribution in [0.4, 0.5) is 5.82 Å². The summed E-state index contributed by atoms with van der Waals surface area (Å²) in [7, 11) is -11.0. The number of aromatic nitrogens is 5. The average Bonchev–Trinajstić information content (AvgIpc) is 3.61. The molecule has 2 saturated heterocycles. The van der Waals surface area contributed by atoms with Crippen molar-refractivity contribution in [2.75, 3.05) is 18.9 Å². The van der Waals surface area contributed by atoms with Crippen LogP contribution < -0.4 is 20.9 Å². The van der Waals surface area contributed by atoms with E-state index in [0.717, 1.165) is 6.33 Å². The number of fused-ring (bicyclic) bond motifs is 1. The molecule has 5 rings (SSSR count). The molecule has 2 unspecified atom stereocenters. The van der Waals surface area contributed by atoms with Gasteiger partial charge in [0.15, 0.2) is 36.2 Å². The maximum Gasteiger partial charge on any atom is 0.478 e. The van der Waals surface area contributed by atoms with Crippen molar-refractivity contribution < 1.29 is 71.5 Å². The Morgan fingerprint density at radius 3 is 2.32 bits per heavy atom. The number of aliphatic hydroxyl groups is 4. The van der Waals surface area contributed by atoms with E-state index < -0.39 is 83.8 Å². The Morgan fingerprint density at radius 1 is 1.00 bits per heavy atom. The van der Waals surface area contributed by atoms with E-state index >= 15 is 0 Å². The number of rotatable bonds is 11. The first kappa shape index (κ1) is 32.4. The number of carbonyl (C=O) groups excluding carboxylic acids is 1. The zero-order chi connectivity index (χ0) is 32.0. The first-order valence-electron chi connectivity index (χ1n) is 12.6. The minimum atomic E-state index is -5.60. The lowest BCUT2D eigenvalue weighted by molar-refractivity contribution is -0.765. The number of aliphatic hydroxyl groups excluding tert-OH is 4. The molecule has 0 saturated carbocycles. The smallest absolute Gasteiger partial charge is 0.478 e. The fourth-order valence-electron chi connectivity index (χ4n) is 4.54. The van der Waals surface area contributed by atoms with Crippen molar-refractivity contribution in [2.24, 2.45) is 5.73 Å². The van der Waals surface area contributed by atoms with Gasteiger partial charge in [0, 0.05) is 12.1 Å². The summed E-state index contributed by atoms with van der Waals surface area (Å²) in [4.78, 5) is 45.3. The van der Waals surface area contributed by atoms with Gasteiger partial charge in [-0.2, -0.15) is 4.57 Å². The Bertz CT molecular complexity index is 1610. The van der Waals surface area contributed by atoms with Gasteiger partial charge >= 0.3 is 7.82 Å². The Labute approximate surface area is 246 Å². The predicted molar refractivity (Wildman–Crippen MR) is 137 cm³/mol. The van der Waals surface area contributed by atoms with Crippen molar-refractivity contribution in [3.63, 3.8) is 0 Å². The van der Waals surface area contributed by atoms with Crippen LogP contribution in [0, 0.1) is 0 Å². The summed E-state index contributed by atoms with van der Waals surface area (Å²) < 4.78 is 51.6. The number of primary amides is 1. The van der Waals surface area contributed by atoms with Gasteiger partial charge in [0.05, 0.1) is 25.1 Å². The van der Waals surface area contributed by atoms with Gasteiger partial charge in [-0.25, -0.2) is 23.8 Å². The van der Waals surface area contributed by atoms with Crippen LogP contribution in [0.3, 0.4) is 0 Å². The third kappa shape index (κ3) is 6.65. The second kappa shape index (κ2) is 12.4. The number of phosphoric acid groups is 2.